The van der Waals surface area contributed by atoms with E-state index in [1.165, 1.54) is 6.42 Å². The number of hydrogen-bond donors (Lipinski definition) is 1. The Bertz CT molecular complexity index is 1020. The molecule has 1 amide bonds. The van der Waals surface area contributed by atoms with Crippen LogP contribution in [0.25, 0.3) is 11.0 Å². The summed E-state index contributed by atoms with van der Waals surface area (Å²) in [5.74, 6) is 0.0126. The molecule has 3 heterocycles. The zero-order valence-electron chi connectivity index (χ0n) is 16.1. The summed E-state index contributed by atoms with van der Waals surface area (Å²) >= 11 is 6.02. The van der Waals surface area contributed by atoms with Crippen molar-refractivity contribution in [2.24, 2.45) is 0 Å². The average Bonchev–Trinajstić information content (AvgIpc) is 2.69. The predicted octanol–water partition coefficient (Wildman–Crippen LogP) is 5.35. The number of piperidine rings is 1. The maximum Gasteiger partial charge on any atom is 0.257 e. The fourth-order valence-corrected chi connectivity index (χ4v) is 3.83. The summed E-state index contributed by atoms with van der Waals surface area (Å²) in [5.41, 5.74) is 3.68. The molecule has 0 unspecified atom stereocenters. The van der Waals surface area contributed by atoms with E-state index in [9.17, 15) is 4.79 Å². The van der Waals surface area contributed by atoms with Crippen molar-refractivity contribution >= 4 is 39.9 Å². The molecule has 1 aliphatic heterocycles. The Balaban J connectivity index is 1.81. The van der Waals surface area contributed by atoms with E-state index in [-0.39, 0.29) is 11.9 Å². The van der Waals surface area contributed by atoms with Crippen molar-refractivity contribution in [1.29, 1.82) is 0 Å². The molecule has 0 saturated carbocycles. The molecule has 0 aliphatic carbocycles. The zero-order chi connectivity index (χ0) is 19.7. The van der Waals surface area contributed by atoms with Gasteiger partial charge in [-0.15, -0.1) is 0 Å². The van der Waals surface area contributed by atoms with Crippen molar-refractivity contribution in [1.82, 2.24) is 14.9 Å². The Hall–Kier alpha value is -2.66. The highest BCUT2D eigenvalue weighted by molar-refractivity contribution is 6.30. The van der Waals surface area contributed by atoms with Crippen molar-refractivity contribution in [2.75, 3.05) is 11.9 Å². The molecule has 6 heteroatoms. The quantitative estimate of drug-likeness (QED) is 0.650. The van der Waals surface area contributed by atoms with Gasteiger partial charge in [0, 0.05) is 40.6 Å². The standard InChI is InChI=1S/C22H23ClN4O/c1-14-6-11-18-20(26-17-9-7-16(23)8-10-17)19(13-24-21(18)25-14)22(28)27-12-4-3-5-15(27)2/h6-11,13,15H,3-5,12H2,1-2H3,(H,24,25,26)/t15-/m0/s1. The molecule has 1 aliphatic rings. The fraction of sp³-hybridized carbons (Fsp3) is 0.318. The van der Waals surface area contributed by atoms with Crippen LogP contribution in [0.5, 0.6) is 0 Å². The number of carbonyl (C=O) groups excluding carboxylic acids is 1. The van der Waals surface area contributed by atoms with Gasteiger partial charge in [0.25, 0.3) is 5.91 Å². The molecule has 0 spiro atoms. The van der Waals surface area contributed by atoms with Gasteiger partial charge in [-0.05, 0) is 69.5 Å². The van der Waals surface area contributed by atoms with Crippen molar-refractivity contribution in [3.05, 3.63) is 58.9 Å². The van der Waals surface area contributed by atoms with E-state index in [1.807, 2.05) is 48.2 Å². The van der Waals surface area contributed by atoms with E-state index in [0.717, 1.165) is 41.8 Å². The normalized spacial score (nSPS) is 17.0. The molecule has 1 fully saturated rings. The van der Waals surface area contributed by atoms with Crippen LogP contribution in [0.3, 0.4) is 0 Å². The van der Waals surface area contributed by atoms with Gasteiger partial charge >= 0.3 is 0 Å². The van der Waals surface area contributed by atoms with Gasteiger partial charge in [-0.3, -0.25) is 4.79 Å². The van der Waals surface area contributed by atoms with Crippen molar-refractivity contribution in [3.63, 3.8) is 0 Å². The van der Waals surface area contributed by atoms with E-state index < -0.39 is 0 Å². The lowest BCUT2D eigenvalue weighted by Crippen LogP contribution is -2.42. The Labute approximate surface area is 169 Å². The molecule has 1 saturated heterocycles. The Kier molecular flexibility index (Phi) is 5.18. The SMILES string of the molecule is Cc1ccc2c(Nc3ccc(Cl)cc3)c(C(=O)N3CCCC[C@@H]3C)cnc2n1. The third-order valence-electron chi connectivity index (χ3n) is 5.28. The van der Waals surface area contributed by atoms with Crippen molar-refractivity contribution in [3.8, 4) is 0 Å². The minimum atomic E-state index is 0.0126. The van der Waals surface area contributed by atoms with Crippen molar-refractivity contribution < 1.29 is 4.79 Å². The number of hydrogen-bond acceptors (Lipinski definition) is 4. The first-order valence-corrected chi connectivity index (χ1v) is 10.0. The minimum Gasteiger partial charge on any atom is -0.354 e. The average molecular weight is 395 g/mol. The van der Waals surface area contributed by atoms with Gasteiger partial charge in [0.15, 0.2) is 5.65 Å². The largest absolute Gasteiger partial charge is 0.354 e. The first-order chi connectivity index (χ1) is 13.5. The minimum absolute atomic E-state index is 0.0126. The lowest BCUT2D eigenvalue weighted by atomic mass is 10.0. The lowest BCUT2D eigenvalue weighted by molar-refractivity contribution is 0.0636. The second-order valence-corrected chi connectivity index (χ2v) is 7.78. The number of nitrogens with zero attached hydrogens (tertiary/aromatic N) is 3. The molecular weight excluding hydrogens is 372 g/mol. The van der Waals surface area contributed by atoms with E-state index >= 15 is 0 Å². The Morgan fingerprint density at radius 2 is 1.96 bits per heavy atom. The zero-order valence-corrected chi connectivity index (χ0v) is 16.8. The highest BCUT2D eigenvalue weighted by atomic mass is 35.5. The van der Waals surface area contributed by atoms with Crippen LogP contribution in [0.4, 0.5) is 11.4 Å². The predicted molar refractivity (Wildman–Crippen MR) is 113 cm³/mol. The van der Waals surface area contributed by atoms with Gasteiger partial charge in [0.05, 0.1) is 11.3 Å². The molecule has 1 N–H and O–H groups in total. The van der Waals surface area contributed by atoms with Gasteiger partial charge in [0.2, 0.25) is 0 Å². The number of carbonyl (C=O) groups is 1. The van der Waals surface area contributed by atoms with Crippen LogP contribution in [-0.2, 0) is 0 Å². The fourth-order valence-electron chi connectivity index (χ4n) is 3.70. The first kappa shape index (κ1) is 18.7. The topological polar surface area (TPSA) is 58.1 Å². The molecule has 4 rings (SSSR count). The lowest BCUT2D eigenvalue weighted by Gasteiger charge is -2.34. The molecular formula is C22H23ClN4O. The van der Waals surface area contributed by atoms with Crippen LogP contribution in [0, 0.1) is 6.92 Å². The van der Waals surface area contributed by atoms with E-state index in [1.54, 1.807) is 6.20 Å². The highest BCUT2D eigenvalue weighted by Gasteiger charge is 2.27. The number of benzene rings is 1. The molecule has 1 atom stereocenters. The maximum atomic E-state index is 13.4. The summed E-state index contributed by atoms with van der Waals surface area (Å²) in [6, 6.07) is 11.6. The van der Waals surface area contributed by atoms with Crippen LogP contribution in [-0.4, -0.2) is 33.4 Å². The molecule has 5 nitrogen and oxygen atoms in total. The number of likely N-dealkylation sites (tertiary alicyclic amines) is 1. The number of pyridine rings is 2. The second-order valence-electron chi connectivity index (χ2n) is 7.35. The third kappa shape index (κ3) is 3.67. The van der Waals surface area contributed by atoms with Crippen LogP contribution in [0.1, 0.15) is 42.2 Å². The van der Waals surface area contributed by atoms with E-state index in [2.05, 4.69) is 22.2 Å². The molecule has 144 valence electrons. The van der Waals surface area contributed by atoms with E-state index in [0.29, 0.717) is 16.2 Å². The second kappa shape index (κ2) is 7.76. The Morgan fingerprint density at radius 1 is 1.18 bits per heavy atom. The molecule has 3 aromatic rings. The number of nitrogens with one attached hydrogen (secondary N) is 1. The summed E-state index contributed by atoms with van der Waals surface area (Å²) in [7, 11) is 0. The van der Waals surface area contributed by atoms with Gasteiger partial charge in [0.1, 0.15) is 0 Å². The van der Waals surface area contributed by atoms with Crippen molar-refractivity contribution in [2.45, 2.75) is 39.2 Å². The number of anilines is 2. The van der Waals surface area contributed by atoms with Gasteiger partial charge in [-0.2, -0.15) is 0 Å². The van der Waals surface area contributed by atoms with Gasteiger partial charge < -0.3 is 10.2 Å². The molecule has 2 aromatic heterocycles. The molecule has 0 radical (unpaired) electrons. The molecule has 28 heavy (non-hydrogen) atoms. The summed E-state index contributed by atoms with van der Waals surface area (Å²) in [6.45, 7) is 4.83. The number of halogens is 1. The summed E-state index contributed by atoms with van der Waals surface area (Å²) in [5, 5.41) is 4.91. The van der Waals surface area contributed by atoms with Gasteiger partial charge in [-0.25, -0.2) is 9.97 Å². The number of rotatable bonds is 3. The summed E-state index contributed by atoms with van der Waals surface area (Å²) in [6.07, 6.45) is 4.89. The highest BCUT2D eigenvalue weighted by Crippen LogP contribution is 2.31. The monoisotopic (exact) mass is 394 g/mol. The maximum absolute atomic E-state index is 13.4. The number of fused-ring (bicyclic) bond motifs is 1. The van der Waals surface area contributed by atoms with Gasteiger partial charge in [-0.1, -0.05) is 11.6 Å². The molecule has 0 bridgehead atoms. The van der Waals surface area contributed by atoms with Crippen LogP contribution in [0.2, 0.25) is 5.02 Å². The summed E-state index contributed by atoms with van der Waals surface area (Å²) in [4.78, 5) is 24.4. The van der Waals surface area contributed by atoms with Crippen LogP contribution < -0.4 is 5.32 Å². The smallest absolute Gasteiger partial charge is 0.257 e. The summed E-state index contributed by atoms with van der Waals surface area (Å²) < 4.78 is 0. The number of aryl methyl sites for hydroxylation is 1. The third-order valence-corrected chi connectivity index (χ3v) is 5.53. The number of aromatic nitrogens is 2. The molecule has 1 aromatic carbocycles. The Morgan fingerprint density at radius 3 is 2.71 bits per heavy atom. The van der Waals surface area contributed by atoms with Crippen LogP contribution >= 0.6 is 11.6 Å². The van der Waals surface area contributed by atoms with E-state index in [4.69, 9.17) is 11.6 Å². The van der Waals surface area contributed by atoms with Crippen LogP contribution in [0.15, 0.2) is 42.6 Å². The number of amides is 1. The first-order valence-electron chi connectivity index (χ1n) is 9.63.